The molecule has 1 heterocycles. The maximum absolute atomic E-state index is 9.35. The highest BCUT2D eigenvalue weighted by Gasteiger charge is 2.03. The third kappa shape index (κ3) is 4.04. The average molecular weight is 216 g/mol. The lowest BCUT2D eigenvalue weighted by atomic mass is 10.3. The number of hydrogen-bond donors (Lipinski definition) is 2. The van der Waals surface area contributed by atoms with E-state index >= 15 is 0 Å². The van der Waals surface area contributed by atoms with Crippen molar-refractivity contribution in [2.75, 3.05) is 25.6 Å². The third-order valence-corrected chi connectivity index (χ3v) is 2.65. The van der Waals surface area contributed by atoms with E-state index in [2.05, 4.69) is 10.3 Å². The third-order valence-electron chi connectivity index (χ3n) is 1.73. The van der Waals surface area contributed by atoms with Crippen molar-refractivity contribution in [3.8, 4) is 0 Å². The molecule has 1 aromatic heterocycles. The molecule has 2 N–H and O–H groups in total. The number of aliphatic hydroxyl groups excluding tert-OH is 1. The van der Waals surface area contributed by atoms with Gasteiger partial charge in [0.15, 0.2) is 5.13 Å². The molecule has 14 heavy (non-hydrogen) atoms. The molecule has 0 aliphatic rings. The van der Waals surface area contributed by atoms with E-state index in [-0.39, 0.29) is 0 Å². The monoisotopic (exact) mass is 216 g/mol. The summed E-state index contributed by atoms with van der Waals surface area (Å²) in [6.45, 7) is 3.07. The molecule has 0 amide bonds. The minimum absolute atomic E-state index is 0.387. The van der Waals surface area contributed by atoms with Crippen molar-refractivity contribution >= 4 is 16.5 Å². The molecule has 4 nitrogen and oxygen atoms in total. The summed E-state index contributed by atoms with van der Waals surface area (Å²) in [6, 6.07) is 0. The molecule has 80 valence electrons. The van der Waals surface area contributed by atoms with E-state index in [9.17, 15) is 5.11 Å². The van der Waals surface area contributed by atoms with Crippen LogP contribution in [0, 0.1) is 6.92 Å². The normalized spacial score (nSPS) is 12.8. The second-order valence-corrected chi connectivity index (χ2v) is 3.98. The molecule has 0 fully saturated rings. The van der Waals surface area contributed by atoms with Gasteiger partial charge >= 0.3 is 0 Å². The molecule has 0 saturated carbocycles. The molecular formula is C9H16N2O2S. The lowest BCUT2D eigenvalue weighted by Gasteiger charge is -2.08. The maximum atomic E-state index is 9.35. The largest absolute Gasteiger partial charge is 0.391 e. The van der Waals surface area contributed by atoms with E-state index in [1.807, 2.05) is 12.3 Å². The van der Waals surface area contributed by atoms with Gasteiger partial charge in [-0.05, 0) is 13.3 Å². The highest BCUT2D eigenvalue weighted by molar-refractivity contribution is 7.13. The van der Waals surface area contributed by atoms with Crippen LogP contribution in [0.2, 0.25) is 0 Å². The van der Waals surface area contributed by atoms with Crippen molar-refractivity contribution in [3.63, 3.8) is 0 Å². The molecule has 0 bridgehead atoms. The molecule has 0 aromatic carbocycles. The lowest BCUT2D eigenvalue weighted by molar-refractivity contribution is 0.0615. The maximum Gasteiger partial charge on any atom is 0.182 e. The van der Waals surface area contributed by atoms with E-state index in [0.717, 1.165) is 17.4 Å². The quantitative estimate of drug-likeness (QED) is 0.751. The van der Waals surface area contributed by atoms with Crippen LogP contribution in [-0.2, 0) is 4.74 Å². The van der Waals surface area contributed by atoms with E-state index in [0.29, 0.717) is 13.0 Å². The summed E-state index contributed by atoms with van der Waals surface area (Å²) in [5, 5.41) is 15.4. The van der Waals surface area contributed by atoms with E-state index in [4.69, 9.17) is 4.74 Å². The number of methoxy groups -OCH3 is 1. The van der Waals surface area contributed by atoms with Gasteiger partial charge in [-0.25, -0.2) is 4.98 Å². The van der Waals surface area contributed by atoms with Crippen molar-refractivity contribution in [2.45, 2.75) is 19.4 Å². The van der Waals surface area contributed by atoms with Gasteiger partial charge < -0.3 is 15.2 Å². The summed E-state index contributed by atoms with van der Waals surface area (Å²) >= 11 is 1.58. The highest BCUT2D eigenvalue weighted by atomic mass is 32.1. The Balaban J connectivity index is 2.15. The van der Waals surface area contributed by atoms with Crippen molar-refractivity contribution < 1.29 is 9.84 Å². The second-order valence-electron chi connectivity index (χ2n) is 3.12. The van der Waals surface area contributed by atoms with Crippen molar-refractivity contribution in [2.24, 2.45) is 0 Å². The van der Waals surface area contributed by atoms with Gasteiger partial charge in [0.2, 0.25) is 0 Å². The zero-order chi connectivity index (χ0) is 10.4. The minimum atomic E-state index is -0.395. The highest BCUT2D eigenvalue weighted by Crippen LogP contribution is 2.14. The standard InChI is InChI=1S/C9H16N2O2S/c1-7-6-14-9(11-7)10-4-3-8(12)5-13-2/h6,8,12H,3-5H2,1-2H3,(H,10,11). The summed E-state index contributed by atoms with van der Waals surface area (Å²) in [7, 11) is 1.58. The van der Waals surface area contributed by atoms with Crippen LogP contribution in [0.25, 0.3) is 0 Å². The van der Waals surface area contributed by atoms with E-state index < -0.39 is 6.10 Å². The van der Waals surface area contributed by atoms with Crippen LogP contribution in [0.1, 0.15) is 12.1 Å². The Morgan fingerprint density at radius 1 is 1.71 bits per heavy atom. The van der Waals surface area contributed by atoms with Crippen molar-refractivity contribution in [1.29, 1.82) is 0 Å². The van der Waals surface area contributed by atoms with Crippen LogP contribution in [-0.4, -0.2) is 36.5 Å². The molecule has 5 heteroatoms. The topological polar surface area (TPSA) is 54.4 Å². The van der Waals surface area contributed by atoms with Crippen LogP contribution in [0.5, 0.6) is 0 Å². The SMILES string of the molecule is COCC(O)CCNc1nc(C)cs1. The number of nitrogens with zero attached hydrogens (tertiary/aromatic N) is 1. The van der Waals surface area contributed by atoms with Crippen LogP contribution in [0.3, 0.4) is 0 Å². The fourth-order valence-corrected chi connectivity index (χ4v) is 1.77. The Hall–Kier alpha value is -0.650. The Bertz CT molecular complexity index is 265. The van der Waals surface area contributed by atoms with Gasteiger partial charge in [-0.2, -0.15) is 0 Å². The summed E-state index contributed by atoms with van der Waals surface area (Å²) in [5.41, 5.74) is 1.02. The average Bonchev–Trinajstić information content (AvgIpc) is 2.52. The summed E-state index contributed by atoms with van der Waals surface area (Å²) in [6.07, 6.45) is 0.278. The first-order valence-corrected chi connectivity index (χ1v) is 5.43. The fourth-order valence-electron chi connectivity index (χ4n) is 1.06. The number of aromatic nitrogens is 1. The van der Waals surface area contributed by atoms with Crippen LogP contribution < -0.4 is 5.32 Å². The van der Waals surface area contributed by atoms with Crippen LogP contribution >= 0.6 is 11.3 Å². The molecule has 0 aliphatic carbocycles. The first kappa shape index (κ1) is 11.4. The predicted octanol–water partition coefficient (Wildman–Crippen LogP) is 1.26. The summed E-state index contributed by atoms with van der Waals surface area (Å²) in [5.74, 6) is 0. The van der Waals surface area contributed by atoms with E-state index in [1.54, 1.807) is 18.4 Å². The zero-order valence-corrected chi connectivity index (χ0v) is 9.30. The fraction of sp³-hybridized carbons (Fsp3) is 0.667. The molecule has 0 saturated heterocycles. The smallest absolute Gasteiger partial charge is 0.182 e. The number of nitrogens with one attached hydrogen (secondary N) is 1. The van der Waals surface area contributed by atoms with Crippen LogP contribution in [0.15, 0.2) is 5.38 Å². The van der Waals surface area contributed by atoms with Gasteiger partial charge in [0.1, 0.15) is 0 Å². The van der Waals surface area contributed by atoms with Gasteiger partial charge in [-0.15, -0.1) is 11.3 Å². The second kappa shape index (κ2) is 5.95. The number of aliphatic hydroxyl groups is 1. The zero-order valence-electron chi connectivity index (χ0n) is 8.49. The van der Waals surface area contributed by atoms with Gasteiger partial charge in [-0.3, -0.25) is 0 Å². The number of aryl methyl sites for hydroxylation is 1. The first-order valence-electron chi connectivity index (χ1n) is 4.55. The Morgan fingerprint density at radius 3 is 3.07 bits per heavy atom. The Labute approximate surface area is 87.9 Å². The molecule has 1 unspecified atom stereocenters. The Kier molecular flexibility index (Phi) is 4.86. The summed E-state index contributed by atoms with van der Waals surface area (Å²) in [4.78, 5) is 4.25. The van der Waals surface area contributed by atoms with Crippen molar-refractivity contribution in [1.82, 2.24) is 4.98 Å². The van der Waals surface area contributed by atoms with Gasteiger partial charge in [0.25, 0.3) is 0 Å². The number of hydrogen-bond acceptors (Lipinski definition) is 5. The van der Waals surface area contributed by atoms with Gasteiger partial charge in [0.05, 0.1) is 18.4 Å². The summed E-state index contributed by atoms with van der Waals surface area (Å²) < 4.78 is 4.82. The van der Waals surface area contributed by atoms with Crippen LogP contribution in [0.4, 0.5) is 5.13 Å². The molecule has 1 atom stereocenters. The molecule has 0 aliphatic heterocycles. The number of rotatable bonds is 6. The Morgan fingerprint density at radius 2 is 2.50 bits per heavy atom. The van der Waals surface area contributed by atoms with Gasteiger partial charge in [-0.1, -0.05) is 0 Å². The number of anilines is 1. The van der Waals surface area contributed by atoms with Crippen molar-refractivity contribution in [3.05, 3.63) is 11.1 Å². The molecule has 1 aromatic rings. The first-order chi connectivity index (χ1) is 6.72. The molecule has 0 radical (unpaired) electrons. The minimum Gasteiger partial charge on any atom is -0.391 e. The number of ether oxygens (including phenoxy) is 1. The molecular weight excluding hydrogens is 200 g/mol. The van der Waals surface area contributed by atoms with E-state index in [1.165, 1.54) is 0 Å². The predicted molar refractivity (Wildman–Crippen MR) is 57.8 cm³/mol. The molecule has 1 rings (SSSR count). The molecule has 0 spiro atoms. The number of thiazole rings is 1. The lowest BCUT2D eigenvalue weighted by Crippen LogP contribution is -2.18. The van der Waals surface area contributed by atoms with Gasteiger partial charge in [0, 0.05) is 19.0 Å².